The number of hydrogen-bond acceptors (Lipinski definition) is 4. The first-order chi connectivity index (χ1) is 12.2. The summed E-state index contributed by atoms with van der Waals surface area (Å²) in [4.78, 5) is 7.80. The topological polar surface area (TPSA) is 45.1 Å². The second-order valence-electron chi connectivity index (χ2n) is 6.26. The number of oxime groups is 1. The molecule has 2 atom stereocenters. The number of likely N-dealkylation sites (N-methyl/N-ethyl adjacent to an activating group) is 1. The molecule has 0 bridgehead atoms. The minimum Gasteiger partial charge on any atom is -0.390 e. The smallest absolute Gasteiger partial charge is 0.145 e. The Bertz CT molecular complexity index is 703. The van der Waals surface area contributed by atoms with E-state index in [0.717, 1.165) is 36.3 Å². The van der Waals surface area contributed by atoms with Gasteiger partial charge >= 0.3 is 0 Å². The van der Waals surface area contributed by atoms with Crippen LogP contribution >= 0.6 is 11.6 Å². The molecule has 2 unspecified atom stereocenters. The molecule has 0 aliphatic carbocycles. The molecule has 0 saturated carbocycles. The molecule has 2 aromatic rings. The number of benzene rings is 2. The molecule has 1 aliphatic heterocycles. The summed E-state index contributed by atoms with van der Waals surface area (Å²) in [6, 6.07) is 17.4. The number of halogens is 1. The number of hydrogen-bond donors (Lipinski definition) is 1. The average Bonchev–Trinajstić information content (AvgIpc) is 3.11. The van der Waals surface area contributed by atoms with Gasteiger partial charge in [0.25, 0.3) is 0 Å². The minimum absolute atomic E-state index is 0.00796. The van der Waals surface area contributed by atoms with Gasteiger partial charge in [0.1, 0.15) is 6.10 Å². The fraction of sp³-hybridized carbons (Fsp3) is 0.350. The van der Waals surface area contributed by atoms with Crippen LogP contribution in [0.1, 0.15) is 30.6 Å². The Morgan fingerprint density at radius 3 is 2.60 bits per heavy atom. The highest BCUT2D eigenvalue weighted by atomic mass is 35.5. The highest BCUT2D eigenvalue weighted by molar-refractivity contribution is 6.30. The number of rotatable bonds is 7. The van der Waals surface area contributed by atoms with E-state index in [4.69, 9.17) is 16.4 Å². The van der Waals surface area contributed by atoms with Crippen molar-refractivity contribution < 1.29 is 9.94 Å². The summed E-state index contributed by atoms with van der Waals surface area (Å²) in [7, 11) is 0. The van der Waals surface area contributed by atoms with Crippen LogP contribution in [0.5, 0.6) is 0 Å². The van der Waals surface area contributed by atoms with Gasteiger partial charge in [-0.05, 0) is 29.8 Å². The zero-order valence-corrected chi connectivity index (χ0v) is 15.1. The maximum absolute atomic E-state index is 10.4. The summed E-state index contributed by atoms with van der Waals surface area (Å²) in [5.74, 6) is 0. The molecule has 0 fully saturated rings. The van der Waals surface area contributed by atoms with E-state index in [2.05, 4.69) is 17.0 Å². The van der Waals surface area contributed by atoms with Crippen molar-refractivity contribution in [3.63, 3.8) is 0 Å². The third-order valence-electron chi connectivity index (χ3n) is 4.43. The van der Waals surface area contributed by atoms with Crippen LogP contribution in [0.2, 0.25) is 5.02 Å². The van der Waals surface area contributed by atoms with Gasteiger partial charge < -0.3 is 9.94 Å². The Labute approximate surface area is 153 Å². The summed E-state index contributed by atoms with van der Waals surface area (Å²) in [5.41, 5.74) is 2.92. The molecule has 25 heavy (non-hydrogen) atoms. The molecular weight excluding hydrogens is 336 g/mol. The van der Waals surface area contributed by atoms with Crippen molar-refractivity contribution in [2.24, 2.45) is 5.16 Å². The minimum atomic E-state index is -0.501. The van der Waals surface area contributed by atoms with E-state index in [9.17, 15) is 5.11 Å². The molecule has 1 heterocycles. The lowest BCUT2D eigenvalue weighted by Crippen LogP contribution is -2.35. The lowest BCUT2D eigenvalue weighted by Gasteiger charge is -2.25. The molecule has 5 heteroatoms. The highest BCUT2D eigenvalue weighted by Gasteiger charge is 2.25. The van der Waals surface area contributed by atoms with Gasteiger partial charge in [-0.3, -0.25) is 4.90 Å². The van der Waals surface area contributed by atoms with Crippen LogP contribution in [0.15, 0.2) is 59.8 Å². The van der Waals surface area contributed by atoms with Crippen molar-refractivity contribution in [2.45, 2.75) is 25.6 Å². The van der Waals surface area contributed by atoms with Crippen LogP contribution in [-0.2, 0) is 4.84 Å². The Morgan fingerprint density at radius 2 is 1.92 bits per heavy atom. The van der Waals surface area contributed by atoms with Crippen molar-refractivity contribution in [3.8, 4) is 0 Å². The first-order valence-corrected chi connectivity index (χ1v) is 8.97. The molecule has 1 N–H and O–H groups in total. The quantitative estimate of drug-likeness (QED) is 0.816. The van der Waals surface area contributed by atoms with Crippen LogP contribution < -0.4 is 0 Å². The fourth-order valence-corrected chi connectivity index (χ4v) is 3.11. The van der Waals surface area contributed by atoms with Crippen LogP contribution in [0, 0.1) is 0 Å². The maximum Gasteiger partial charge on any atom is 0.145 e. The molecular formula is C20H23ClN2O2. The summed E-state index contributed by atoms with van der Waals surface area (Å²) < 4.78 is 0. The lowest BCUT2D eigenvalue weighted by atomic mass is 10.0. The van der Waals surface area contributed by atoms with E-state index in [-0.39, 0.29) is 6.10 Å². The zero-order valence-electron chi connectivity index (χ0n) is 14.3. The molecule has 0 aromatic heterocycles. The number of aliphatic hydroxyl groups is 1. The molecule has 0 spiro atoms. The van der Waals surface area contributed by atoms with E-state index in [1.807, 2.05) is 54.6 Å². The monoisotopic (exact) mass is 358 g/mol. The molecule has 4 nitrogen and oxygen atoms in total. The third-order valence-corrected chi connectivity index (χ3v) is 4.69. The fourth-order valence-electron chi connectivity index (χ4n) is 2.98. The van der Waals surface area contributed by atoms with Crippen molar-refractivity contribution >= 4 is 17.3 Å². The molecule has 132 valence electrons. The largest absolute Gasteiger partial charge is 0.390 e. The third kappa shape index (κ3) is 4.82. The van der Waals surface area contributed by atoms with E-state index < -0.39 is 6.10 Å². The van der Waals surface area contributed by atoms with Crippen molar-refractivity contribution in [2.75, 3.05) is 19.6 Å². The van der Waals surface area contributed by atoms with E-state index in [1.165, 1.54) is 0 Å². The zero-order chi connectivity index (χ0) is 17.6. The standard InChI is InChI=1S/C20H23ClN2O2/c1-2-23(14-20(24)16-6-4-3-5-7-16)13-18-12-19(22-25-18)15-8-10-17(21)11-9-15/h3-11,18,20,24H,2,12-14H2,1H3. The summed E-state index contributed by atoms with van der Waals surface area (Å²) in [6.07, 6.45) is 0.271. The molecule has 2 aromatic carbocycles. The summed E-state index contributed by atoms with van der Waals surface area (Å²) in [6.45, 7) is 4.26. The second kappa shape index (κ2) is 8.48. The maximum atomic E-state index is 10.4. The van der Waals surface area contributed by atoms with Gasteiger partial charge in [0.05, 0.1) is 11.8 Å². The van der Waals surface area contributed by atoms with Gasteiger partial charge in [0, 0.05) is 24.5 Å². The van der Waals surface area contributed by atoms with Gasteiger partial charge in [-0.15, -0.1) is 0 Å². The van der Waals surface area contributed by atoms with E-state index in [1.54, 1.807) is 0 Å². The van der Waals surface area contributed by atoms with Gasteiger partial charge in [-0.1, -0.05) is 66.1 Å². The molecule has 0 amide bonds. The van der Waals surface area contributed by atoms with Gasteiger partial charge in [0.15, 0.2) is 0 Å². The molecule has 0 saturated heterocycles. The van der Waals surface area contributed by atoms with E-state index in [0.29, 0.717) is 11.6 Å². The molecule has 3 rings (SSSR count). The SMILES string of the molecule is CCN(CC1CC(c2ccc(Cl)cc2)=NO1)CC(O)c1ccccc1. The Kier molecular flexibility index (Phi) is 6.08. The summed E-state index contributed by atoms with van der Waals surface area (Å²) in [5, 5.41) is 15.4. The first kappa shape index (κ1) is 17.9. The van der Waals surface area contributed by atoms with Gasteiger partial charge in [-0.25, -0.2) is 0 Å². The lowest BCUT2D eigenvalue weighted by molar-refractivity contribution is 0.0366. The predicted molar refractivity (Wildman–Crippen MR) is 101 cm³/mol. The Morgan fingerprint density at radius 1 is 1.20 bits per heavy atom. The highest BCUT2D eigenvalue weighted by Crippen LogP contribution is 2.20. The normalized spacial score (nSPS) is 18.1. The number of nitrogens with zero attached hydrogens (tertiary/aromatic N) is 2. The summed E-state index contributed by atoms with van der Waals surface area (Å²) >= 11 is 5.93. The van der Waals surface area contributed by atoms with Gasteiger partial charge in [0.2, 0.25) is 0 Å². The molecule has 1 aliphatic rings. The van der Waals surface area contributed by atoms with Crippen molar-refractivity contribution in [1.29, 1.82) is 0 Å². The van der Waals surface area contributed by atoms with Crippen LogP contribution in [0.3, 0.4) is 0 Å². The predicted octanol–water partition coefficient (Wildman–Crippen LogP) is 3.89. The number of aliphatic hydroxyl groups excluding tert-OH is 1. The van der Waals surface area contributed by atoms with Crippen LogP contribution in [0.25, 0.3) is 0 Å². The van der Waals surface area contributed by atoms with Gasteiger partial charge in [-0.2, -0.15) is 0 Å². The Balaban J connectivity index is 1.54. The van der Waals surface area contributed by atoms with Crippen molar-refractivity contribution in [3.05, 3.63) is 70.7 Å². The first-order valence-electron chi connectivity index (χ1n) is 8.59. The average molecular weight is 359 g/mol. The Hall–Kier alpha value is -1.88. The van der Waals surface area contributed by atoms with Crippen LogP contribution in [0.4, 0.5) is 0 Å². The molecule has 0 radical (unpaired) electrons. The van der Waals surface area contributed by atoms with Crippen LogP contribution in [-0.4, -0.2) is 41.5 Å². The van der Waals surface area contributed by atoms with E-state index >= 15 is 0 Å². The second-order valence-corrected chi connectivity index (χ2v) is 6.69. The van der Waals surface area contributed by atoms with Crippen molar-refractivity contribution in [1.82, 2.24) is 4.90 Å².